The minimum Gasteiger partial charge on any atom is -0.327 e. The van der Waals surface area contributed by atoms with Crippen LogP contribution >= 0.6 is 11.8 Å². The fraction of sp³-hybridized carbons (Fsp3) is 1.00. The lowest BCUT2D eigenvalue weighted by Crippen LogP contribution is -2.33. The molecule has 0 aromatic rings. The van der Waals surface area contributed by atoms with Gasteiger partial charge in [0.25, 0.3) is 0 Å². The summed E-state index contributed by atoms with van der Waals surface area (Å²) in [5.41, 5.74) is 6.23. The third-order valence-electron chi connectivity index (χ3n) is 3.64. The molecule has 0 saturated heterocycles. The van der Waals surface area contributed by atoms with Gasteiger partial charge in [-0.2, -0.15) is 11.8 Å². The van der Waals surface area contributed by atoms with Crippen LogP contribution in [0.15, 0.2) is 0 Å². The molecule has 0 aromatic heterocycles. The van der Waals surface area contributed by atoms with Crippen LogP contribution in [0, 0.1) is 0 Å². The van der Waals surface area contributed by atoms with E-state index in [0.29, 0.717) is 6.04 Å². The van der Waals surface area contributed by atoms with Crippen LogP contribution < -0.4 is 5.73 Å². The number of rotatable bonds is 6. The van der Waals surface area contributed by atoms with Gasteiger partial charge in [0.05, 0.1) is 0 Å². The van der Waals surface area contributed by atoms with Crippen molar-refractivity contribution < 1.29 is 0 Å². The summed E-state index contributed by atoms with van der Waals surface area (Å²) in [6.07, 6.45) is 6.69. The van der Waals surface area contributed by atoms with Crippen molar-refractivity contribution in [1.82, 2.24) is 4.90 Å². The average Bonchev–Trinajstić information content (AvgIpc) is 2.50. The minimum absolute atomic E-state index is 0.448. The minimum atomic E-state index is 0.448. The van der Waals surface area contributed by atoms with Gasteiger partial charge >= 0.3 is 0 Å². The Morgan fingerprint density at radius 1 is 1.12 bits per heavy atom. The van der Waals surface area contributed by atoms with Crippen molar-refractivity contribution in [2.45, 2.75) is 57.2 Å². The van der Waals surface area contributed by atoms with Gasteiger partial charge in [0, 0.05) is 23.6 Å². The summed E-state index contributed by atoms with van der Waals surface area (Å²) >= 11 is 2.11. The van der Waals surface area contributed by atoms with Crippen LogP contribution in [-0.2, 0) is 0 Å². The second kappa shape index (κ2) is 8.37. The van der Waals surface area contributed by atoms with Crippen molar-refractivity contribution in [1.29, 1.82) is 0 Å². The van der Waals surface area contributed by atoms with Crippen LogP contribution in [0.4, 0.5) is 0 Å². The van der Waals surface area contributed by atoms with E-state index < -0.39 is 0 Å². The smallest absolute Gasteiger partial charge is 0.0199 e. The monoisotopic (exact) mass is 244 g/mol. The SMILES string of the molecule is CCN(CC)CCSC1CCCCCC1N. The van der Waals surface area contributed by atoms with Crippen molar-refractivity contribution >= 4 is 11.8 Å². The van der Waals surface area contributed by atoms with Crippen LogP contribution in [0.1, 0.15) is 46.0 Å². The molecule has 1 aliphatic carbocycles. The predicted octanol–water partition coefficient (Wildman–Crippen LogP) is 2.72. The Balaban J connectivity index is 2.19. The first-order valence-electron chi connectivity index (χ1n) is 6.87. The largest absolute Gasteiger partial charge is 0.327 e. The predicted molar refractivity (Wildman–Crippen MR) is 75.1 cm³/mol. The van der Waals surface area contributed by atoms with Crippen LogP contribution in [0.25, 0.3) is 0 Å². The number of nitrogens with zero attached hydrogens (tertiary/aromatic N) is 1. The van der Waals surface area contributed by atoms with Crippen molar-refractivity contribution in [2.75, 3.05) is 25.4 Å². The van der Waals surface area contributed by atoms with Gasteiger partial charge in [-0.1, -0.05) is 33.1 Å². The fourth-order valence-corrected chi connectivity index (χ4v) is 3.77. The first-order chi connectivity index (χ1) is 7.77. The number of thioether (sulfide) groups is 1. The summed E-state index contributed by atoms with van der Waals surface area (Å²) in [5.74, 6) is 1.25. The Morgan fingerprint density at radius 3 is 2.50 bits per heavy atom. The molecule has 0 bridgehead atoms. The Kier molecular flexibility index (Phi) is 7.50. The Bertz CT molecular complexity index is 171. The van der Waals surface area contributed by atoms with Crippen LogP contribution in [0.5, 0.6) is 0 Å². The van der Waals surface area contributed by atoms with E-state index in [1.165, 1.54) is 57.5 Å². The maximum Gasteiger partial charge on any atom is 0.0199 e. The molecule has 16 heavy (non-hydrogen) atoms. The van der Waals surface area contributed by atoms with Crippen LogP contribution in [-0.4, -0.2) is 41.6 Å². The third kappa shape index (κ3) is 5.07. The van der Waals surface area contributed by atoms with E-state index in [-0.39, 0.29) is 0 Å². The zero-order chi connectivity index (χ0) is 11.8. The van der Waals surface area contributed by atoms with Gasteiger partial charge in [-0.05, 0) is 25.9 Å². The first kappa shape index (κ1) is 14.3. The second-order valence-electron chi connectivity index (χ2n) is 4.74. The topological polar surface area (TPSA) is 29.3 Å². The van der Waals surface area contributed by atoms with Crippen molar-refractivity contribution in [3.8, 4) is 0 Å². The molecule has 1 rings (SSSR count). The molecule has 0 heterocycles. The summed E-state index contributed by atoms with van der Waals surface area (Å²) in [7, 11) is 0. The summed E-state index contributed by atoms with van der Waals surface area (Å²) in [4.78, 5) is 2.50. The zero-order valence-electron chi connectivity index (χ0n) is 11.0. The number of hydrogen-bond acceptors (Lipinski definition) is 3. The van der Waals surface area contributed by atoms with Gasteiger partial charge in [-0.25, -0.2) is 0 Å². The van der Waals surface area contributed by atoms with Crippen LogP contribution in [0.3, 0.4) is 0 Å². The van der Waals surface area contributed by atoms with Gasteiger partial charge in [-0.15, -0.1) is 0 Å². The van der Waals surface area contributed by atoms with Gasteiger partial charge in [-0.3, -0.25) is 0 Å². The standard InChI is InChI=1S/C13H28N2S/c1-3-15(4-2)10-11-16-13-9-7-5-6-8-12(13)14/h12-13H,3-11,14H2,1-2H3. The molecule has 1 aliphatic rings. The van der Waals surface area contributed by atoms with E-state index in [1.807, 2.05) is 0 Å². The molecular formula is C13H28N2S. The van der Waals surface area contributed by atoms with Gasteiger partial charge in [0.2, 0.25) is 0 Å². The Morgan fingerprint density at radius 2 is 1.81 bits per heavy atom. The highest BCUT2D eigenvalue weighted by atomic mass is 32.2. The van der Waals surface area contributed by atoms with E-state index in [1.54, 1.807) is 0 Å². The third-order valence-corrected chi connectivity index (χ3v) is 5.07. The second-order valence-corrected chi connectivity index (χ2v) is 6.09. The molecule has 2 atom stereocenters. The fourth-order valence-electron chi connectivity index (χ4n) is 2.38. The van der Waals surface area contributed by atoms with Crippen molar-refractivity contribution in [3.63, 3.8) is 0 Å². The normalized spacial score (nSPS) is 27.0. The molecular weight excluding hydrogens is 216 g/mol. The molecule has 3 heteroatoms. The number of nitrogens with two attached hydrogens (primary N) is 1. The molecule has 1 fully saturated rings. The molecule has 0 aliphatic heterocycles. The average molecular weight is 244 g/mol. The molecule has 0 spiro atoms. The van der Waals surface area contributed by atoms with E-state index in [9.17, 15) is 0 Å². The first-order valence-corrected chi connectivity index (χ1v) is 7.92. The molecule has 0 amide bonds. The summed E-state index contributed by atoms with van der Waals surface area (Å²) in [5, 5.41) is 0.720. The lowest BCUT2D eigenvalue weighted by molar-refractivity contribution is 0.323. The molecule has 0 radical (unpaired) electrons. The molecule has 2 nitrogen and oxygen atoms in total. The van der Waals surface area contributed by atoms with Gasteiger partial charge in [0.15, 0.2) is 0 Å². The molecule has 1 saturated carbocycles. The highest BCUT2D eigenvalue weighted by molar-refractivity contribution is 8.00. The van der Waals surface area contributed by atoms with E-state index >= 15 is 0 Å². The highest BCUT2D eigenvalue weighted by Gasteiger charge is 2.20. The summed E-state index contributed by atoms with van der Waals surface area (Å²) < 4.78 is 0. The van der Waals surface area contributed by atoms with Gasteiger partial charge in [0.1, 0.15) is 0 Å². The van der Waals surface area contributed by atoms with Crippen LogP contribution in [0.2, 0.25) is 0 Å². The summed E-state index contributed by atoms with van der Waals surface area (Å²) in [6.45, 7) is 8.06. The Labute approximate surface area is 105 Å². The molecule has 2 unspecified atom stereocenters. The Hall–Kier alpha value is 0.270. The quantitative estimate of drug-likeness (QED) is 0.729. The zero-order valence-corrected chi connectivity index (χ0v) is 11.8. The molecule has 0 aromatic carbocycles. The van der Waals surface area contributed by atoms with E-state index in [2.05, 4.69) is 30.5 Å². The van der Waals surface area contributed by atoms with E-state index in [4.69, 9.17) is 5.73 Å². The summed E-state index contributed by atoms with van der Waals surface area (Å²) in [6, 6.07) is 0.448. The van der Waals surface area contributed by atoms with E-state index in [0.717, 1.165) is 5.25 Å². The lowest BCUT2D eigenvalue weighted by Gasteiger charge is -2.23. The maximum atomic E-state index is 6.23. The lowest BCUT2D eigenvalue weighted by atomic mass is 10.1. The number of hydrogen-bond donors (Lipinski definition) is 1. The maximum absolute atomic E-state index is 6.23. The molecule has 2 N–H and O–H groups in total. The molecule has 96 valence electrons. The highest BCUT2D eigenvalue weighted by Crippen LogP contribution is 2.26. The van der Waals surface area contributed by atoms with Crippen molar-refractivity contribution in [2.24, 2.45) is 5.73 Å². The van der Waals surface area contributed by atoms with Gasteiger partial charge < -0.3 is 10.6 Å². The van der Waals surface area contributed by atoms with Crippen molar-refractivity contribution in [3.05, 3.63) is 0 Å².